The lowest BCUT2D eigenvalue weighted by Gasteiger charge is -2.25. The minimum Gasteiger partial charge on any atom is -0.391 e. The molecule has 0 aliphatic carbocycles. The maximum atomic E-state index is 9.29. The van der Waals surface area contributed by atoms with Gasteiger partial charge in [0, 0.05) is 19.7 Å². The van der Waals surface area contributed by atoms with Crippen molar-refractivity contribution in [3.05, 3.63) is 10.6 Å². The second-order valence-corrected chi connectivity index (χ2v) is 5.22. The summed E-state index contributed by atoms with van der Waals surface area (Å²) in [7, 11) is 1.71. The molecule has 0 saturated carbocycles. The van der Waals surface area contributed by atoms with Crippen LogP contribution in [0.25, 0.3) is 0 Å². The van der Waals surface area contributed by atoms with Crippen molar-refractivity contribution in [3.8, 4) is 0 Å². The first-order valence-electron chi connectivity index (χ1n) is 5.99. The second-order valence-electron chi connectivity index (χ2n) is 4.16. The predicted molar refractivity (Wildman–Crippen MR) is 71.8 cm³/mol. The maximum Gasteiger partial charge on any atom is 0.186 e. The molecular weight excluding hydrogens is 236 g/mol. The van der Waals surface area contributed by atoms with E-state index in [0.29, 0.717) is 12.6 Å². The van der Waals surface area contributed by atoms with Crippen molar-refractivity contribution in [1.29, 1.82) is 0 Å². The Labute approximate surface area is 107 Å². The quantitative estimate of drug-likeness (QED) is 0.813. The fraction of sp³-hybridized carbons (Fsp3) is 0.750. The molecule has 0 spiro atoms. The lowest BCUT2D eigenvalue weighted by molar-refractivity contribution is 0.204. The van der Waals surface area contributed by atoms with E-state index in [0.717, 1.165) is 28.7 Å². The SMILES string of the molecule is CCc1nc(N(CCOC)C(C)C)sc1CO. The number of ether oxygens (including phenoxy) is 1. The molecule has 1 heterocycles. The van der Waals surface area contributed by atoms with E-state index in [1.807, 2.05) is 0 Å². The van der Waals surface area contributed by atoms with Crippen LogP contribution in [-0.4, -0.2) is 36.4 Å². The van der Waals surface area contributed by atoms with E-state index in [4.69, 9.17) is 4.74 Å². The number of thiazole rings is 1. The molecule has 0 fully saturated rings. The predicted octanol–water partition coefficient (Wildman–Crippen LogP) is 2.06. The van der Waals surface area contributed by atoms with Crippen LogP contribution in [-0.2, 0) is 17.8 Å². The first-order chi connectivity index (χ1) is 8.13. The number of aliphatic hydroxyl groups is 1. The number of anilines is 1. The third-order valence-electron chi connectivity index (χ3n) is 2.65. The first-order valence-corrected chi connectivity index (χ1v) is 6.80. The van der Waals surface area contributed by atoms with Crippen molar-refractivity contribution in [2.45, 2.75) is 39.8 Å². The molecule has 0 unspecified atom stereocenters. The van der Waals surface area contributed by atoms with Gasteiger partial charge in [0.2, 0.25) is 0 Å². The fourth-order valence-corrected chi connectivity index (χ4v) is 2.82. The van der Waals surface area contributed by atoms with Crippen molar-refractivity contribution in [3.63, 3.8) is 0 Å². The normalized spacial score (nSPS) is 11.2. The van der Waals surface area contributed by atoms with Crippen LogP contribution >= 0.6 is 11.3 Å². The van der Waals surface area contributed by atoms with Gasteiger partial charge in [0.1, 0.15) is 0 Å². The van der Waals surface area contributed by atoms with Gasteiger partial charge in [-0.25, -0.2) is 4.98 Å². The summed E-state index contributed by atoms with van der Waals surface area (Å²) in [5.41, 5.74) is 1.01. The highest BCUT2D eigenvalue weighted by Crippen LogP contribution is 2.28. The number of hydrogen-bond donors (Lipinski definition) is 1. The van der Waals surface area contributed by atoms with Gasteiger partial charge < -0.3 is 14.7 Å². The Bertz CT molecular complexity index is 318. The highest BCUT2D eigenvalue weighted by atomic mass is 32.1. The van der Waals surface area contributed by atoms with E-state index in [1.165, 1.54) is 0 Å². The Balaban J connectivity index is 2.89. The molecule has 5 heteroatoms. The molecule has 17 heavy (non-hydrogen) atoms. The van der Waals surface area contributed by atoms with E-state index < -0.39 is 0 Å². The zero-order chi connectivity index (χ0) is 12.8. The minimum absolute atomic E-state index is 0.0804. The standard InChI is InChI=1S/C12H22N2O2S/c1-5-10-11(8-15)17-12(13-10)14(9(2)3)6-7-16-4/h9,15H,5-8H2,1-4H3. The van der Waals surface area contributed by atoms with Crippen molar-refractivity contribution in [2.24, 2.45) is 0 Å². The largest absolute Gasteiger partial charge is 0.391 e. The van der Waals surface area contributed by atoms with Gasteiger partial charge in [0.25, 0.3) is 0 Å². The molecule has 4 nitrogen and oxygen atoms in total. The van der Waals surface area contributed by atoms with Crippen LogP contribution in [0, 0.1) is 0 Å². The zero-order valence-electron chi connectivity index (χ0n) is 11.1. The maximum absolute atomic E-state index is 9.29. The van der Waals surface area contributed by atoms with Gasteiger partial charge in [-0.2, -0.15) is 0 Å². The van der Waals surface area contributed by atoms with Gasteiger partial charge in [-0.15, -0.1) is 0 Å². The molecule has 1 aromatic heterocycles. The Hall–Kier alpha value is -0.650. The van der Waals surface area contributed by atoms with E-state index in [1.54, 1.807) is 18.4 Å². The molecule has 1 rings (SSSR count). The summed E-state index contributed by atoms with van der Waals surface area (Å²) in [6.07, 6.45) is 0.864. The number of rotatable bonds is 7. The summed E-state index contributed by atoms with van der Waals surface area (Å²) in [5.74, 6) is 0. The Kier molecular flexibility index (Phi) is 5.88. The van der Waals surface area contributed by atoms with Gasteiger partial charge in [-0.05, 0) is 20.3 Å². The van der Waals surface area contributed by atoms with Gasteiger partial charge in [0.15, 0.2) is 5.13 Å². The fourth-order valence-electron chi connectivity index (χ4n) is 1.66. The lowest BCUT2D eigenvalue weighted by atomic mass is 10.3. The smallest absolute Gasteiger partial charge is 0.186 e. The summed E-state index contributed by atoms with van der Waals surface area (Å²) < 4.78 is 5.12. The number of nitrogens with zero attached hydrogens (tertiary/aromatic N) is 2. The van der Waals surface area contributed by atoms with E-state index in [9.17, 15) is 5.11 Å². The van der Waals surface area contributed by atoms with Gasteiger partial charge >= 0.3 is 0 Å². The molecule has 0 aliphatic rings. The summed E-state index contributed by atoms with van der Waals surface area (Å²) in [5, 5.41) is 10.3. The average molecular weight is 258 g/mol. The van der Waals surface area contributed by atoms with Crippen molar-refractivity contribution in [2.75, 3.05) is 25.2 Å². The molecule has 1 aromatic rings. The summed E-state index contributed by atoms with van der Waals surface area (Å²) in [6, 6.07) is 0.382. The summed E-state index contributed by atoms with van der Waals surface area (Å²) >= 11 is 1.58. The van der Waals surface area contributed by atoms with Crippen molar-refractivity contribution in [1.82, 2.24) is 4.98 Å². The molecule has 0 aromatic carbocycles. The molecule has 0 bridgehead atoms. The Morgan fingerprint density at radius 1 is 1.47 bits per heavy atom. The number of methoxy groups -OCH3 is 1. The molecular formula is C12H22N2O2S. The average Bonchev–Trinajstić information content (AvgIpc) is 2.72. The van der Waals surface area contributed by atoms with Gasteiger partial charge in [-0.1, -0.05) is 18.3 Å². The van der Waals surface area contributed by atoms with Crippen LogP contribution in [0.4, 0.5) is 5.13 Å². The second kappa shape index (κ2) is 6.93. The van der Waals surface area contributed by atoms with Crippen LogP contribution in [0.1, 0.15) is 31.3 Å². The topological polar surface area (TPSA) is 45.6 Å². The monoisotopic (exact) mass is 258 g/mol. The van der Waals surface area contributed by atoms with Crippen molar-refractivity contribution < 1.29 is 9.84 Å². The lowest BCUT2D eigenvalue weighted by Crippen LogP contribution is -2.33. The molecule has 0 atom stereocenters. The Morgan fingerprint density at radius 2 is 2.18 bits per heavy atom. The molecule has 1 N–H and O–H groups in total. The number of aromatic nitrogens is 1. The van der Waals surface area contributed by atoms with Crippen LogP contribution in [0.2, 0.25) is 0 Å². The number of aryl methyl sites for hydroxylation is 1. The summed E-state index contributed by atoms with van der Waals surface area (Å²) in [4.78, 5) is 7.80. The molecule has 0 radical (unpaired) electrons. The molecule has 0 aliphatic heterocycles. The van der Waals surface area contributed by atoms with Crippen LogP contribution in [0.3, 0.4) is 0 Å². The Morgan fingerprint density at radius 3 is 2.59 bits per heavy atom. The van der Waals surface area contributed by atoms with Gasteiger partial charge in [-0.3, -0.25) is 0 Å². The van der Waals surface area contributed by atoms with Crippen LogP contribution in [0.15, 0.2) is 0 Å². The summed E-state index contributed by atoms with van der Waals surface area (Å²) in [6.45, 7) is 7.94. The van der Waals surface area contributed by atoms with Crippen LogP contribution < -0.4 is 4.90 Å². The minimum atomic E-state index is 0.0804. The number of hydrogen-bond acceptors (Lipinski definition) is 5. The number of aliphatic hydroxyl groups excluding tert-OH is 1. The zero-order valence-corrected chi connectivity index (χ0v) is 11.9. The molecule has 0 amide bonds. The third kappa shape index (κ3) is 3.66. The third-order valence-corrected chi connectivity index (χ3v) is 3.77. The highest BCUT2D eigenvalue weighted by molar-refractivity contribution is 7.15. The van der Waals surface area contributed by atoms with E-state index in [-0.39, 0.29) is 6.61 Å². The first kappa shape index (κ1) is 14.4. The van der Waals surface area contributed by atoms with Crippen LogP contribution in [0.5, 0.6) is 0 Å². The van der Waals surface area contributed by atoms with Crippen molar-refractivity contribution >= 4 is 16.5 Å². The van der Waals surface area contributed by atoms with E-state index >= 15 is 0 Å². The van der Waals surface area contributed by atoms with Gasteiger partial charge in [0.05, 0.1) is 23.8 Å². The van der Waals surface area contributed by atoms with E-state index in [2.05, 4.69) is 30.7 Å². The highest BCUT2D eigenvalue weighted by Gasteiger charge is 2.17. The molecule has 0 saturated heterocycles. The molecule has 98 valence electrons.